The quantitative estimate of drug-likeness (QED) is 0.842. The molecule has 0 aliphatic heterocycles. The largest absolute Gasteiger partial charge is 0.316 e. The summed E-state index contributed by atoms with van der Waals surface area (Å²) in [5.41, 5.74) is 7.36. The van der Waals surface area contributed by atoms with E-state index in [-0.39, 0.29) is 0 Å². The van der Waals surface area contributed by atoms with E-state index in [4.69, 9.17) is 0 Å². The fraction of sp³-hybridized carbons (Fsp3) is 0.294. The van der Waals surface area contributed by atoms with Crippen molar-refractivity contribution in [1.82, 2.24) is 5.32 Å². The molecule has 0 amide bonds. The summed E-state index contributed by atoms with van der Waals surface area (Å²) in [7, 11) is 2.02. The first kappa shape index (κ1) is 11.5. The highest BCUT2D eigenvalue weighted by atomic mass is 14.8. The predicted molar refractivity (Wildman–Crippen MR) is 76.7 cm³/mol. The lowest BCUT2D eigenvalue weighted by atomic mass is 9.93. The summed E-state index contributed by atoms with van der Waals surface area (Å²) >= 11 is 0. The highest BCUT2D eigenvalue weighted by molar-refractivity contribution is 5.72. The number of nitrogens with one attached hydrogen (secondary N) is 1. The first-order valence-corrected chi connectivity index (χ1v) is 6.74. The van der Waals surface area contributed by atoms with E-state index in [9.17, 15) is 0 Å². The average Bonchev–Trinajstić information content (AvgIpc) is 2.59. The van der Waals surface area contributed by atoms with E-state index in [2.05, 4.69) is 47.8 Å². The van der Waals surface area contributed by atoms with Crippen molar-refractivity contribution in [2.24, 2.45) is 0 Å². The Morgan fingerprint density at radius 1 is 0.944 bits per heavy atom. The molecule has 0 aromatic heterocycles. The van der Waals surface area contributed by atoms with Crippen LogP contribution in [0.15, 0.2) is 42.5 Å². The third-order valence-corrected chi connectivity index (χ3v) is 3.82. The van der Waals surface area contributed by atoms with Gasteiger partial charge in [0.15, 0.2) is 0 Å². The number of hydrogen-bond acceptors (Lipinski definition) is 1. The summed E-state index contributed by atoms with van der Waals surface area (Å²) < 4.78 is 0. The molecule has 2 aromatic rings. The molecule has 1 heteroatoms. The minimum absolute atomic E-state index is 0.964. The molecule has 1 aliphatic rings. The van der Waals surface area contributed by atoms with Crippen molar-refractivity contribution in [2.45, 2.75) is 25.8 Å². The van der Waals surface area contributed by atoms with Crippen LogP contribution in [0.4, 0.5) is 0 Å². The summed E-state index contributed by atoms with van der Waals surface area (Å²) in [5.74, 6) is 0. The monoisotopic (exact) mass is 237 g/mol. The Morgan fingerprint density at radius 2 is 1.78 bits per heavy atom. The van der Waals surface area contributed by atoms with Crippen molar-refractivity contribution >= 4 is 0 Å². The summed E-state index contributed by atoms with van der Waals surface area (Å²) in [5, 5.41) is 3.28. The van der Waals surface area contributed by atoms with Crippen LogP contribution < -0.4 is 5.32 Å². The van der Waals surface area contributed by atoms with E-state index in [0.29, 0.717) is 0 Å². The SMILES string of the molecule is CNCc1cccc2c1CCCc1ccccc1-2. The van der Waals surface area contributed by atoms with Crippen LogP contribution in [-0.2, 0) is 19.4 Å². The zero-order valence-electron chi connectivity index (χ0n) is 10.9. The van der Waals surface area contributed by atoms with E-state index in [1.54, 1.807) is 0 Å². The molecule has 0 atom stereocenters. The second-order valence-corrected chi connectivity index (χ2v) is 4.98. The topological polar surface area (TPSA) is 12.0 Å². The summed E-state index contributed by atoms with van der Waals surface area (Å²) in [4.78, 5) is 0. The van der Waals surface area contributed by atoms with E-state index >= 15 is 0 Å². The summed E-state index contributed by atoms with van der Waals surface area (Å²) in [6.45, 7) is 0.964. The van der Waals surface area contributed by atoms with Crippen LogP contribution >= 0.6 is 0 Å². The number of fused-ring (bicyclic) bond motifs is 3. The molecule has 1 N–H and O–H groups in total. The molecule has 0 saturated heterocycles. The molecule has 0 spiro atoms. The summed E-state index contributed by atoms with van der Waals surface area (Å²) in [6, 6.07) is 15.6. The Balaban J connectivity index is 2.18. The van der Waals surface area contributed by atoms with Gasteiger partial charge in [-0.2, -0.15) is 0 Å². The molecule has 18 heavy (non-hydrogen) atoms. The first-order valence-electron chi connectivity index (χ1n) is 6.74. The highest BCUT2D eigenvalue weighted by Gasteiger charge is 2.15. The number of rotatable bonds is 2. The molecule has 0 heterocycles. The molecular weight excluding hydrogens is 218 g/mol. The van der Waals surface area contributed by atoms with Gasteiger partial charge in [-0.05, 0) is 54.1 Å². The lowest BCUT2D eigenvalue weighted by Crippen LogP contribution is -2.08. The Morgan fingerprint density at radius 3 is 2.67 bits per heavy atom. The second kappa shape index (κ2) is 4.95. The normalized spacial score (nSPS) is 13.6. The van der Waals surface area contributed by atoms with Crippen molar-refractivity contribution in [3.05, 3.63) is 59.2 Å². The fourth-order valence-corrected chi connectivity index (χ4v) is 2.99. The Labute approximate surface area is 109 Å². The van der Waals surface area contributed by atoms with Gasteiger partial charge in [-0.25, -0.2) is 0 Å². The van der Waals surface area contributed by atoms with E-state index in [0.717, 1.165) is 6.54 Å². The van der Waals surface area contributed by atoms with Gasteiger partial charge in [-0.1, -0.05) is 42.5 Å². The third-order valence-electron chi connectivity index (χ3n) is 3.82. The van der Waals surface area contributed by atoms with Gasteiger partial charge in [-0.3, -0.25) is 0 Å². The van der Waals surface area contributed by atoms with Gasteiger partial charge in [0.05, 0.1) is 0 Å². The molecule has 0 unspecified atom stereocenters. The lowest BCUT2D eigenvalue weighted by Gasteiger charge is -2.13. The molecule has 0 radical (unpaired) electrons. The van der Waals surface area contributed by atoms with Gasteiger partial charge >= 0.3 is 0 Å². The summed E-state index contributed by atoms with van der Waals surface area (Å²) in [6.07, 6.45) is 3.65. The maximum Gasteiger partial charge on any atom is 0.0205 e. The number of hydrogen-bond donors (Lipinski definition) is 1. The molecule has 1 aliphatic carbocycles. The zero-order valence-corrected chi connectivity index (χ0v) is 10.9. The average molecular weight is 237 g/mol. The lowest BCUT2D eigenvalue weighted by molar-refractivity contribution is 0.781. The third kappa shape index (κ3) is 1.95. The van der Waals surface area contributed by atoms with Crippen LogP contribution in [0.2, 0.25) is 0 Å². The molecule has 92 valence electrons. The van der Waals surface area contributed by atoms with E-state index in [1.807, 2.05) is 7.05 Å². The van der Waals surface area contributed by atoms with Gasteiger partial charge in [0.2, 0.25) is 0 Å². The van der Waals surface area contributed by atoms with Crippen LogP contribution in [0, 0.1) is 0 Å². The van der Waals surface area contributed by atoms with Gasteiger partial charge in [0.25, 0.3) is 0 Å². The molecule has 0 saturated carbocycles. The standard InChI is InChI=1S/C17H19N/c1-18-12-14-8-5-11-17-15-9-3-2-6-13(15)7-4-10-16(14)17/h2-3,5-6,8-9,11,18H,4,7,10,12H2,1H3. The first-order chi connectivity index (χ1) is 8.90. The molecular formula is C17H19N. The van der Waals surface area contributed by atoms with E-state index in [1.165, 1.54) is 47.1 Å². The Bertz CT molecular complexity index is 557. The molecule has 2 aromatic carbocycles. The Kier molecular flexibility index (Phi) is 3.16. The van der Waals surface area contributed by atoms with Crippen molar-refractivity contribution in [2.75, 3.05) is 7.05 Å². The minimum atomic E-state index is 0.964. The van der Waals surface area contributed by atoms with Crippen molar-refractivity contribution < 1.29 is 0 Å². The second-order valence-electron chi connectivity index (χ2n) is 4.98. The van der Waals surface area contributed by atoms with Crippen LogP contribution in [0.5, 0.6) is 0 Å². The van der Waals surface area contributed by atoms with Crippen LogP contribution in [0.1, 0.15) is 23.1 Å². The maximum atomic E-state index is 3.28. The fourth-order valence-electron chi connectivity index (χ4n) is 2.99. The highest BCUT2D eigenvalue weighted by Crippen LogP contribution is 2.33. The minimum Gasteiger partial charge on any atom is -0.316 e. The maximum absolute atomic E-state index is 3.28. The van der Waals surface area contributed by atoms with Gasteiger partial charge < -0.3 is 5.32 Å². The van der Waals surface area contributed by atoms with E-state index < -0.39 is 0 Å². The smallest absolute Gasteiger partial charge is 0.0205 e. The predicted octanol–water partition coefficient (Wildman–Crippen LogP) is 3.56. The Hall–Kier alpha value is -1.60. The molecule has 0 bridgehead atoms. The van der Waals surface area contributed by atoms with Crippen molar-refractivity contribution in [1.29, 1.82) is 0 Å². The molecule has 3 rings (SSSR count). The van der Waals surface area contributed by atoms with Crippen LogP contribution in [0.25, 0.3) is 11.1 Å². The van der Waals surface area contributed by atoms with Crippen LogP contribution in [0.3, 0.4) is 0 Å². The van der Waals surface area contributed by atoms with Crippen molar-refractivity contribution in [3.8, 4) is 11.1 Å². The van der Waals surface area contributed by atoms with Gasteiger partial charge in [0.1, 0.15) is 0 Å². The van der Waals surface area contributed by atoms with Crippen LogP contribution in [-0.4, -0.2) is 7.05 Å². The molecule has 1 nitrogen and oxygen atoms in total. The zero-order chi connectivity index (χ0) is 12.4. The van der Waals surface area contributed by atoms with Gasteiger partial charge in [0, 0.05) is 6.54 Å². The number of benzene rings is 2. The van der Waals surface area contributed by atoms with Crippen molar-refractivity contribution in [3.63, 3.8) is 0 Å². The molecule has 0 fully saturated rings. The number of aryl methyl sites for hydroxylation is 1. The van der Waals surface area contributed by atoms with Gasteiger partial charge in [-0.15, -0.1) is 0 Å².